The van der Waals surface area contributed by atoms with Crippen LogP contribution in [0.3, 0.4) is 0 Å². The standard InChI is InChI=1S/C10H6I2O/c11-8-5-6-3-1-2-4-7(6)9(12)10(8)13/h1-5,13H. The van der Waals surface area contributed by atoms with Gasteiger partial charge in [0.15, 0.2) is 0 Å². The minimum absolute atomic E-state index is 0.389. The third kappa shape index (κ3) is 1.63. The predicted octanol–water partition coefficient (Wildman–Crippen LogP) is 3.75. The summed E-state index contributed by atoms with van der Waals surface area (Å²) in [5.74, 6) is 0.389. The second-order valence-electron chi connectivity index (χ2n) is 2.74. The predicted molar refractivity (Wildman–Crippen MR) is 71.0 cm³/mol. The Morgan fingerprint density at radius 3 is 2.54 bits per heavy atom. The van der Waals surface area contributed by atoms with Gasteiger partial charge in [0.25, 0.3) is 0 Å². The van der Waals surface area contributed by atoms with Crippen LogP contribution in [0.25, 0.3) is 10.8 Å². The van der Waals surface area contributed by atoms with Gasteiger partial charge in [-0.1, -0.05) is 24.3 Å². The van der Waals surface area contributed by atoms with E-state index in [1.54, 1.807) is 0 Å². The van der Waals surface area contributed by atoms with E-state index in [4.69, 9.17) is 0 Å². The molecule has 0 spiro atoms. The van der Waals surface area contributed by atoms with Gasteiger partial charge in [-0.2, -0.15) is 0 Å². The van der Waals surface area contributed by atoms with Crippen LogP contribution < -0.4 is 0 Å². The van der Waals surface area contributed by atoms with Gasteiger partial charge in [0, 0.05) is 0 Å². The van der Waals surface area contributed by atoms with Crippen molar-refractivity contribution >= 4 is 56.0 Å². The number of phenolic OH excluding ortho intramolecular Hbond substituents is 1. The van der Waals surface area contributed by atoms with Gasteiger partial charge in [0.05, 0.1) is 7.14 Å². The normalized spacial score (nSPS) is 10.6. The van der Waals surface area contributed by atoms with Crippen LogP contribution >= 0.6 is 45.2 Å². The molecule has 0 aliphatic carbocycles. The Labute approximate surface area is 103 Å². The van der Waals surface area contributed by atoms with Gasteiger partial charge in [0.2, 0.25) is 0 Å². The molecule has 0 aromatic heterocycles. The molecule has 2 aromatic rings. The number of phenols is 1. The SMILES string of the molecule is Oc1c(I)cc2ccccc2c1I. The monoisotopic (exact) mass is 396 g/mol. The lowest BCUT2D eigenvalue weighted by Gasteiger charge is -2.04. The molecule has 0 radical (unpaired) electrons. The highest BCUT2D eigenvalue weighted by molar-refractivity contribution is 14.1. The van der Waals surface area contributed by atoms with Crippen molar-refractivity contribution in [2.75, 3.05) is 0 Å². The fourth-order valence-corrected chi connectivity index (χ4v) is 3.16. The summed E-state index contributed by atoms with van der Waals surface area (Å²) in [4.78, 5) is 0. The van der Waals surface area contributed by atoms with E-state index in [2.05, 4.69) is 51.2 Å². The van der Waals surface area contributed by atoms with Crippen LogP contribution in [-0.4, -0.2) is 5.11 Å². The summed E-state index contributed by atoms with van der Waals surface area (Å²) in [6, 6.07) is 10.1. The lowest BCUT2D eigenvalue weighted by Crippen LogP contribution is -1.82. The first-order valence-corrected chi connectivity index (χ1v) is 5.91. The number of aromatic hydroxyl groups is 1. The molecule has 0 aliphatic heterocycles. The summed E-state index contributed by atoms with van der Waals surface area (Å²) >= 11 is 4.32. The molecule has 1 N–H and O–H groups in total. The second kappa shape index (κ2) is 3.61. The van der Waals surface area contributed by atoms with E-state index in [9.17, 15) is 5.11 Å². The molecular weight excluding hydrogens is 390 g/mol. The Morgan fingerprint density at radius 1 is 1.08 bits per heavy atom. The first-order valence-electron chi connectivity index (χ1n) is 3.76. The van der Waals surface area contributed by atoms with E-state index in [1.165, 1.54) is 5.39 Å². The van der Waals surface area contributed by atoms with E-state index in [0.717, 1.165) is 12.5 Å². The number of rotatable bonds is 0. The van der Waals surface area contributed by atoms with Gasteiger partial charge >= 0.3 is 0 Å². The topological polar surface area (TPSA) is 20.2 Å². The van der Waals surface area contributed by atoms with Crippen molar-refractivity contribution in [3.63, 3.8) is 0 Å². The number of fused-ring (bicyclic) bond motifs is 1. The summed E-state index contributed by atoms with van der Waals surface area (Å²) in [5.41, 5.74) is 0. The lowest BCUT2D eigenvalue weighted by molar-refractivity contribution is 0.469. The van der Waals surface area contributed by atoms with E-state index < -0.39 is 0 Å². The summed E-state index contributed by atoms with van der Waals surface area (Å²) in [6.45, 7) is 0. The Morgan fingerprint density at radius 2 is 1.77 bits per heavy atom. The molecule has 3 heteroatoms. The fourth-order valence-electron chi connectivity index (χ4n) is 1.26. The summed E-state index contributed by atoms with van der Waals surface area (Å²) in [5, 5.41) is 12.0. The van der Waals surface area contributed by atoms with E-state index in [0.29, 0.717) is 5.75 Å². The highest BCUT2D eigenvalue weighted by atomic mass is 127. The summed E-state index contributed by atoms with van der Waals surface area (Å²) in [6.07, 6.45) is 0. The largest absolute Gasteiger partial charge is 0.506 e. The van der Waals surface area contributed by atoms with Gasteiger partial charge in [0.1, 0.15) is 5.75 Å². The van der Waals surface area contributed by atoms with Crippen molar-refractivity contribution in [2.24, 2.45) is 0 Å². The molecule has 0 saturated heterocycles. The maximum absolute atomic E-state index is 9.69. The molecule has 0 heterocycles. The lowest BCUT2D eigenvalue weighted by atomic mass is 10.1. The zero-order valence-corrected chi connectivity index (χ0v) is 10.9. The van der Waals surface area contributed by atoms with Crippen LogP contribution in [0.5, 0.6) is 5.75 Å². The van der Waals surface area contributed by atoms with Crippen molar-refractivity contribution in [2.45, 2.75) is 0 Å². The second-order valence-corrected chi connectivity index (χ2v) is 4.98. The van der Waals surface area contributed by atoms with E-state index >= 15 is 0 Å². The first kappa shape index (κ1) is 9.51. The average Bonchev–Trinajstić information content (AvgIpc) is 2.15. The van der Waals surface area contributed by atoms with Crippen LogP contribution in [0.4, 0.5) is 0 Å². The molecule has 1 nitrogen and oxygen atoms in total. The Kier molecular flexibility index (Phi) is 2.64. The van der Waals surface area contributed by atoms with Crippen LogP contribution in [-0.2, 0) is 0 Å². The van der Waals surface area contributed by atoms with Gasteiger partial charge in [-0.3, -0.25) is 0 Å². The van der Waals surface area contributed by atoms with Crippen molar-refractivity contribution in [1.29, 1.82) is 0 Å². The minimum Gasteiger partial charge on any atom is -0.506 e. The third-order valence-electron chi connectivity index (χ3n) is 1.91. The van der Waals surface area contributed by atoms with Crippen molar-refractivity contribution in [1.82, 2.24) is 0 Å². The molecule has 0 amide bonds. The quantitative estimate of drug-likeness (QED) is 0.673. The number of halogens is 2. The van der Waals surface area contributed by atoms with Crippen LogP contribution in [0.1, 0.15) is 0 Å². The molecule has 0 saturated carbocycles. The Bertz CT molecular complexity index is 466. The van der Waals surface area contributed by atoms with E-state index in [-0.39, 0.29) is 0 Å². The van der Waals surface area contributed by atoms with Gasteiger partial charge < -0.3 is 5.11 Å². The van der Waals surface area contributed by atoms with E-state index in [1.807, 2.05) is 24.3 Å². The van der Waals surface area contributed by atoms with Gasteiger partial charge in [-0.15, -0.1) is 0 Å². The zero-order valence-electron chi connectivity index (χ0n) is 6.59. The molecule has 66 valence electrons. The maximum atomic E-state index is 9.69. The van der Waals surface area contributed by atoms with Gasteiger partial charge in [-0.25, -0.2) is 0 Å². The molecule has 2 rings (SSSR count). The molecular formula is C10H6I2O. The van der Waals surface area contributed by atoms with Crippen LogP contribution in [0, 0.1) is 7.14 Å². The summed E-state index contributed by atoms with van der Waals surface area (Å²) in [7, 11) is 0. The number of hydrogen-bond donors (Lipinski definition) is 1. The molecule has 0 bridgehead atoms. The van der Waals surface area contributed by atoms with Crippen molar-refractivity contribution < 1.29 is 5.11 Å². The molecule has 2 aromatic carbocycles. The summed E-state index contributed by atoms with van der Waals surface area (Å²) < 4.78 is 1.83. The smallest absolute Gasteiger partial charge is 0.142 e. The minimum atomic E-state index is 0.389. The highest BCUT2D eigenvalue weighted by Crippen LogP contribution is 2.32. The first-order chi connectivity index (χ1) is 6.20. The zero-order chi connectivity index (χ0) is 9.42. The van der Waals surface area contributed by atoms with Gasteiger partial charge in [-0.05, 0) is 62.0 Å². The highest BCUT2D eigenvalue weighted by Gasteiger charge is 2.07. The fraction of sp³-hybridized carbons (Fsp3) is 0. The molecule has 13 heavy (non-hydrogen) atoms. The molecule has 0 aliphatic rings. The number of benzene rings is 2. The Hall–Kier alpha value is -0.0400. The third-order valence-corrected chi connectivity index (χ3v) is 3.83. The molecule has 0 fully saturated rings. The van der Waals surface area contributed by atoms with Crippen molar-refractivity contribution in [3.8, 4) is 5.75 Å². The molecule has 0 unspecified atom stereocenters. The number of hydrogen-bond acceptors (Lipinski definition) is 1. The average molecular weight is 396 g/mol. The van der Waals surface area contributed by atoms with Crippen LogP contribution in [0.2, 0.25) is 0 Å². The molecule has 0 atom stereocenters. The van der Waals surface area contributed by atoms with Crippen molar-refractivity contribution in [3.05, 3.63) is 37.5 Å². The maximum Gasteiger partial charge on any atom is 0.142 e. The van der Waals surface area contributed by atoms with Crippen LogP contribution in [0.15, 0.2) is 30.3 Å². The Balaban J connectivity index is 2.94.